The zero-order valence-corrected chi connectivity index (χ0v) is 11.8. The van der Waals surface area contributed by atoms with Crippen LogP contribution in [0.4, 0.5) is 10.1 Å². The minimum atomic E-state index is -3.69. The van der Waals surface area contributed by atoms with E-state index in [1.54, 1.807) is 6.92 Å². The summed E-state index contributed by atoms with van der Waals surface area (Å²) in [6.07, 6.45) is 1.24. The van der Waals surface area contributed by atoms with Gasteiger partial charge in [0, 0.05) is 0 Å². The summed E-state index contributed by atoms with van der Waals surface area (Å²) >= 11 is 0. The predicted octanol–water partition coefficient (Wildman–Crippen LogP) is 1.54. The summed E-state index contributed by atoms with van der Waals surface area (Å²) in [5.74, 6) is -1.14. The van der Waals surface area contributed by atoms with Gasteiger partial charge < -0.3 is 4.74 Å². The molecule has 1 aromatic carbocycles. The zero-order valence-electron chi connectivity index (χ0n) is 11.0. The van der Waals surface area contributed by atoms with E-state index >= 15 is 0 Å². The van der Waals surface area contributed by atoms with E-state index < -0.39 is 27.9 Å². The summed E-state index contributed by atoms with van der Waals surface area (Å²) in [6, 6.07) is 3.92. The van der Waals surface area contributed by atoms with E-state index in [2.05, 4.69) is 4.74 Å². The van der Waals surface area contributed by atoms with E-state index in [9.17, 15) is 17.6 Å². The SMILES string of the molecule is CCC(C(=O)OC)N(c1ccc(F)cc1)S(C)(=O)=O. The van der Waals surface area contributed by atoms with Crippen LogP contribution in [0.3, 0.4) is 0 Å². The highest BCUT2D eigenvalue weighted by molar-refractivity contribution is 7.92. The second kappa shape index (κ2) is 6.01. The number of nitrogens with zero attached hydrogens (tertiary/aromatic N) is 1. The van der Waals surface area contributed by atoms with Crippen LogP contribution in [0.15, 0.2) is 24.3 Å². The lowest BCUT2D eigenvalue weighted by molar-refractivity contribution is -0.142. The van der Waals surface area contributed by atoms with E-state index in [0.29, 0.717) is 0 Å². The Hall–Kier alpha value is -1.63. The Bertz CT molecular complexity index is 541. The molecule has 0 saturated heterocycles. The maximum absolute atomic E-state index is 12.9. The van der Waals surface area contributed by atoms with Gasteiger partial charge in [-0.3, -0.25) is 4.31 Å². The number of hydrogen-bond acceptors (Lipinski definition) is 4. The fraction of sp³-hybridized carbons (Fsp3) is 0.417. The number of rotatable bonds is 5. The molecular formula is C12H16FNO4S. The van der Waals surface area contributed by atoms with E-state index in [1.807, 2.05) is 0 Å². The number of ether oxygens (including phenoxy) is 1. The molecule has 0 aliphatic carbocycles. The smallest absolute Gasteiger partial charge is 0.329 e. The third-order valence-electron chi connectivity index (χ3n) is 2.58. The van der Waals surface area contributed by atoms with Gasteiger partial charge in [0.2, 0.25) is 10.0 Å². The first-order valence-electron chi connectivity index (χ1n) is 5.64. The van der Waals surface area contributed by atoms with Crippen molar-refractivity contribution >= 4 is 21.7 Å². The van der Waals surface area contributed by atoms with Gasteiger partial charge >= 0.3 is 5.97 Å². The van der Waals surface area contributed by atoms with Crippen molar-refractivity contribution in [2.24, 2.45) is 0 Å². The van der Waals surface area contributed by atoms with Crippen LogP contribution in [-0.2, 0) is 19.6 Å². The van der Waals surface area contributed by atoms with Crippen molar-refractivity contribution in [2.75, 3.05) is 17.7 Å². The van der Waals surface area contributed by atoms with Crippen LogP contribution in [0.25, 0.3) is 0 Å². The van der Waals surface area contributed by atoms with Crippen LogP contribution in [0.2, 0.25) is 0 Å². The normalized spacial score (nSPS) is 12.8. The van der Waals surface area contributed by atoms with E-state index in [4.69, 9.17) is 0 Å². The maximum Gasteiger partial charge on any atom is 0.329 e. The number of anilines is 1. The first-order valence-corrected chi connectivity index (χ1v) is 7.49. The van der Waals surface area contributed by atoms with Gasteiger partial charge in [0.25, 0.3) is 0 Å². The molecule has 0 aliphatic rings. The van der Waals surface area contributed by atoms with Crippen molar-refractivity contribution in [1.29, 1.82) is 0 Å². The van der Waals surface area contributed by atoms with Crippen LogP contribution >= 0.6 is 0 Å². The Morgan fingerprint density at radius 1 is 1.37 bits per heavy atom. The molecule has 0 bridgehead atoms. The molecule has 0 spiro atoms. The van der Waals surface area contributed by atoms with Gasteiger partial charge in [-0.1, -0.05) is 6.92 Å². The standard InChI is InChI=1S/C12H16FNO4S/c1-4-11(12(15)18-2)14(19(3,16)17)10-7-5-9(13)6-8-10/h5-8,11H,4H2,1-3H3. The lowest BCUT2D eigenvalue weighted by Crippen LogP contribution is -2.45. The van der Waals surface area contributed by atoms with E-state index in [-0.39, 0.29) is 12.1 Å². The van der Waals surface area contributed by atoms with Crippen LogP contribution in [0.5, 0.6) is 0 Å². The minimum Gasteiger partial charge on any atom is -0.467 e. The quantitative estimate of drug-likeness (QED) is 0.771. The number of halogens is 1. The molecule has 0 saturated carbocycles. The van der Waals surface area contributed by atoms with Crippen molar-refractivity contribution in [3.8, 4) is 0 Å². The molecule has 1 atom stereocenters. The molecule has 0 amide bonds. The first kappa shape index (κ1) is 15.4. The monoisotopic (exact) mass is 289 g/mol. The van der Waals surface area contributed by atoms with Gasteiger partial charge in [-0.25, -0.2) is 17.6 Å². The summed E-state index contributed by atoms with van der Waals surface area (Å²) in [5, 5.41) is 0. The number of sulfonamides is 1. The van der Waals surface area contributed by atoms with Crippen molar-refractivity contribution in [3.63, 3.8) is 0 Å². The number of esters is 1. The maximum atomic E-state index is 12.9. The highest BCUT2D eigenvalue weighted by Crippen LogP contribution is 2.23. The van der Waals surface area contributed by atoms with Crippen molar-refractivity contribution < 1.29 is 22.3 Å². The van der Waals surface area contributed by atoms with Gasteiger partial charge in [0.1, 0.15) is 11.9 Å². The van der Waals surface area contributed by atoms with E-state index in [0.717, 1.165) is 22.7 Å². The number of hydrogen-bond donors (Lipinski definition) is 0. The molecule has 1 aromatic rings. The average molecular weight is 289 g/mol. The molecule has 106 valence electrons. The molecule has 0 aliphatic heterocycles. The van der Waals surface area contributed by atoms with Gasteiger partial charge in [0.15, 0.2) is 0 Å². The second-order valence-corrected chi connectivity index (χ2v) is 5.84. The van der Waals surface area contributed by atoms with E-state index in [1.165, 1.54) is 19.2 Å². The molecule has 19 heavy (non-hydrogen) atoms. The van der Waals surface area contributed by atoms with Crippen molar-refractivity contribution in [1.82, 2.24) is 0 Å². The predicted molar refractivity (Wildman–Crippen MR) is 69.8 cm³/mol. The second-order valence-electron chi connectivity index (χ2n) is 3.98. The van der Waals surface area contributed by atoms with Gasteiger partial charge in [-0.15, -0.1) is 0 Å². The highest BCUT2D eigenvalue weighted by atomic mass is 32.2. The molecule has 0 fully saturated rings. The number of benzene rings is 1. The third-order valence-corrected chi connectivity index (χ3v) is 3.76. The van der Waals surface area contributed by atoms with Gasteiger partial charge in [-0.2, -0.15) is 0 Å². The summed E-state index contributed by atoms with van der Waals surface area (Å²) in [4.78, 5) is 11.7. The van der Waals surface area contributed by atoms with Crippen LogP contribution in [0, 0.1) is 5.82 Å². The lowest BCUT2D eigenvalue weighted by atomic mass is 10.2. The first-order chi connectivity index (χ1) is 8.81. The summed E-state index contributed by atoms with van der Waals surface area (Å²) in [7, 11) is -2.50. The Morgan fingerprint density at radius 3 is 2.26 bits per heavy atom. The van der Waals surface area contributed by atoms with Gasteiger partial charge in [0.05, 0.1) is 19.1 Å². The van der Waals surface area contributed by atoms with Gasteiger partial charge in [-0.05, 0) is 30.7 Å². The Kier molecular flexibility index (Phi) is 4.88. The summed E-state index contributed by atoms with van der Waals surface area (Å²) in [6.45, 7) is 1.67. The van der Waals surface area contributed by atoms with Crippen LogP contribution < -0.4 is 4.31 Å². The summed E-state index contributed by atoms with van der Waals surface area (Å²) < 4.78 is 42.2. The fourth-order valence-electron chi connectivity index (χ4n) is 1.75. The lowest BCUT2D eigenvalue weighted by Gasteiger charge is -2.28. The topological polar surface area (TPSA) is 63.7 Å². The number of carbonyl (C=O) groups excluding carboxylic acids is 1. The molecule has 0 heterocycles. The summed E-state index contributed by atoms with van der Waals surface area (Å²) in [5.41, 5.74) is 0.223. The Balaban J connectivity index is 3.29. The molecule has 1 rings (SSSR count). The number of carbonyl (C=O) groups is 1. The molecular weight excluding hydrogens is 273 g/mol. The largest absolute Gasteiger partial charge is 0.467 e. The molecule has 0 radical (unpaired) electrons. The van der Waals surface area contributed by atoms with Crippen LogP contribution in [0.1, 0.15) is 13.3 Å². The van der Waals surface area contributed by atoms with Crippen LogP contribution in [-0.4, -0.2) is 33.8 Å². The third kappa shape index (κ3) is 3.66. The zero-order chi connectivity index (χ0) is 14.6. The fourth-order valence-corrected chi connectivity index (χ4v) is 2.96. The molecule has 1 unspecified atom stereocenters. The number of methoxy groups -OCH3 is 1. The van der Waals surface area contributed by atoms with Crippen molar-refractivity contribution in [3.05, 3.63) is 30.1 Å². The Labute approximate surface area is 112 Å². The van der Waals surface area contributed by atoms with Crippen molar-refractivity contribution in [2.45, 2.75) is 19.4 Å². The minimum absolute atomic E-state index is 0.223. The molecule has 0 aromatic heterocycles. The molecule has 0 N–H and O–H groups in total. The molecule has 7 heteroatoms. The molecule has 5 nitrogen and oxygen atoms in total. The Morgan fingerprint density at radius 2 is 1.89 bits per heavy atom. The highest BCUT2D eigenvalue weighted by Gasteiger charge is 2.32. The average Bonchev–Trinajstić information content (AvgIpc) is 2.35.